The van der Waals surface area contributed by atoms with Gasteiger partial charge >= 0.3 is 0 Å². The number of benzene rings is 2. The number of nitro groups is 1. The third-order valence-corrected chi connectivity index (χ3v) is 7.79. The molecule has 2 aromatic carbocycles. The highest BCUT2D eigenvalue weighted by atomic mass is 35.5. The number of non-ortho nitro benzene ring substituents is 1. The quantitative estimate of drug-likeness (QED) is 0.431. The Kier molecular flexibility index (Phi) is 7.68. The fraction of sp³-hybridized carbons (Fsp3) is 0.500. The topological polar surface area (TPSA) is 100 Å². The number of nitro benzene ring substituents is 1. The lowest BCUT2D eigenvalue weighted by Gasteiger charge is -2.49. The molecule has 1 amide bonds. The van der Waals surface area contributed by atoms with Crippen molar-refractivity contribution in [2.75, 3.05) is 75.9 Å². The predicted octanol–water partition coefficient (Wildman–Crippen LogP) is 2.57. The molecule has 0 aromatic heterocycles. The minimum absolute atomic E-state index is 0.0275. The van der Waals surface area contributed by atoms with E-state index in [0.29, 0.717) is 50.8 Å². The number of fused-ring (bicyclic) bond motifs is 3. The summed E-state index contributed by atoms with van der Waals surface area (Å²) in [6.07, 6.45) is 0.447. The van der Waals surface area contributed by atoms with Gasteiger partial charge in [0.25, 0.3) is 5.69 Å². The highest BCUT2D eigenvalue weighted by molar-refractivity contribution is 6.31. The second kappa shape index (κ2) is 11.1. The monoisotopic (exact) mass is 529 g/mol. The van der Waals surface area contributed by atoms with Gasteiger partial charge in [0.1, 0.15) is 5.75 Å². The first-order chi connectivity index (χ1) is 17.9. The second-order valence-corrected chi connectivity index (χ2v) is 10.1. The molecule has 3 aliphatic rings. The molecule has 0 unspecified atom stereocenters. The van der Waals surface area contributed by atoms with Crippen LogP contribution < -0.4 is 19.9 Å². The van der Waals surface area contributed by atoms with E-state index < -0.39 is 0 Å². The number of hydrogen-bond acceptors (Lipinski definition) is 8. The number of carbonyl (C=O) groups is 1. The molecule has 3 heterocycles. The molecular formula is C26H32ClN5O5. The molecular weight excluding hydrogens is 498 g/mol. The number of methoxy groups -OCH3 is 1. The zero-order chi connectivity index (χ0) is 25.9. The van der Waals surface area contributed by atoms with E-state index in [0.717, 1.165) is 42.3 Å². The zero-order valence-corrected chi connectivity index (χ0v) is 21.7. The number of anilines is 2. The summed E-state index contributed by atoms with van der Waals surface area (Å²) in [5.74, 6) is 0.351. The third-order valence-electron chi connectivity index (χ3n) is 7.56. The van der Waals surface area contributed by atoms with E-state index in [1.807, 2.05) is 18.2 Å². The molecule has 2 atom stereocenters. The summed E-state index contributed by atoms with van der Waals surface area (Å²) in [6, 6.07) is 10.4. The number of rotatable bonds is 7. The van der Waals surface area contributed by atoms with Crippen molar-refractivity contribution < 1.29 is 19.2 Å². The maximum Gasteiger partial charge on any atom is 0.269 e. The molecule has 10 nitrogen and oxygen atoms in total. The maximum atomic E-state index is 13.6. The number of piperazine rings is 1. The Morgan fingerprint density at radius 1 is 1.16 bits per heavy atom. The summed E-state index contributed by atoms with van der Waals surface area (Å²) in [7, 11) is 1.64. The Morgan fingerprint density at radius 3 is 2.73 bits per heavy atom. The SMILES string of the molecule is COc1ccc(Cl)cc1N1CCN2c3ccc([N+](=O)[O-])cc3C[C@@H](C(=O)NCCN3CCOCC3)[C@@H]2C1. The van der Waals surface area contributed by atoms with Gasteiger partial charge < -0.3 is 24.6 Å². The van der Waals surface area contributed by atoms with Gasteiger partial charge in [-0.15, -0.1) is 0 Å². The van der Waals surface area contributed by atoms with E-state index in [1.54, 1.807) is 25.3 Å². The summed E-state index contributed by atoms with van der Waals surface area (Å²) < 4.78 is 11.0. The summed E-state index contributed by atoms with van der Waals surface area (Å²) in [6.45, 7) is 6.45. The van der Waals surface area contributed by atoms with Gasteiger partial charge in [0.2, 0.25) is 5.91 Å². The van der Waals surface area contributed by atoms with Gasteiger partial charge in [0.05, 0.1) is 42.9 Å². The van der Waals surface area contributed by atoms with Crippen LogP contribution in [0.5, 0.6) is 5.75 Å². The molecule has 5 rings (SSSR count). The van der Waals surface area contributed by atoms with E-state index in [9.17, 15) is 14.9 Å². The van der Waals surface area contributed by atoms with Crippen molar-refractivity contribution in [3.05, 3.63) is 57.1 Å². The highest BCUT2D eigenvalue weighted by Gasteiger charge is 2.42. The van der Waals surface area contributed by atoms with E-state index in [4.69, 9.17) is 21.1 Å². The summed E-state index contributed by atoms with van der Waals surface area (Å²) >= 11 is 6.31. The Bertz CT molecular complexity index is 1160. The lowest BCUT2D eigenvalue weighted by Crippen LogP contribution is -2.61. The Hall–Kier alpha value is -3.08. The molecule has 0 spiro atoms. The Balaban J connectivity index is 1.39. The van der Waals surface area contributed by atoms with Gasteiger partial charge in [0.15, 0.2) is 0 Å². The number of morpholine rings is 1. The molecule has 2 aromatic rings. The molecule has 37 heavy (non-hydrogen) atoms. The van der Waals surface area contributed by atoms with E-state index in [-0.39, 0.29) is 28.5 Å². The smallest absolute Gasteiger partial charge is 0.269 e. The van der Waals surface area contributed by atoms with Crippen molar-refractivity contribution >= 4 is 34.6 Å². The summed E-state index contributed by atoms with van der Waals surface area (Å²) in [5, 5.41) is 15.2. The number of hydrogen-bond donors (Lipinski definition) is 1. The molecule has 11 heteroatoms. The van der Waals surface area contributed by atoms with Crippen LogP contribution in [0.4, 0.5) is 17.1 Å². The lowest BCUT2D eigenvalue weighted by atomic mass is 9.83. The fourth-order valence-corrected chi connectivity index (χ4v) is 5.81. The first-order valence-corrected chi connectivity index (χ1v) is 13.0. The van der Waals surface area contributed by atoms with Gasteiger partial charge in [-0.1, -0.05) is 11.6 Å². The van der Waals surface area contributed by atoms with Crippen molar-refractivity contribution in [3.63, 3.8) is 0 Å². The largest absolute Gasteiger partial charge is 0.495 e. The lowest BCUT2D eigenvalue weighted by molar-refractivity contribution is -0.384. The zero-order valence-electron chi connectivity index (χ0n) is 20.9. The Labute approximate surface area is 221 Å². The van der Waals surface area contributed by atoms with Crippen LogP contribution in [0.3, 0.4) is 0 Å². The van der Waals surface area contributed by atoms with Crippen LogP contribution in [0.25, 0.3) is 0 Å². The van der Waals surface area contributed by atoms with Crippen molar-refractivity contribution in [1.29, 1.82) is 0 Å². The number of nitrogens with one attached hydrogen (secondary N) is 1. The first kappa shape index (κ1) is 25.6. The van der Waals surface area contributed by atoms with Crippen LogP contribution in [-0.2, 0) is 16.0 Å². The molecule has 0 bridgehead atoms. The fourth-order valence-electron chi connectivity index (χ4n) is 5.65. The normalized spacial score (nSPS) is 21.7. The van der Waals surface area contributed by atoms with Crippen LogP contribution in [-0.4, -0.2) is 87.9 Å². The van der Waals surface area contributed by atoms with Gasteiger partial charge in [-0.05, 0) is 36.2 Å². The second-order valence-electron chi connectivity index (χ2n) is 9.65. The average molecular weight is 530 g/mol. The molecule has 2 fully saturated rings. The van der Waals surface area contributed by atoms with Gasteiger partial charge in [-0.2, -0.15) is 0 Å². The van der Waals surface area contributed by atoms with Crippen LogP contribution in [0.1, 0.15) is 5.56 Å². The van der Waals surface area contributed by atoms with Crippen LogP contribution in [0.15, 0.2) is 36.4 Å². The third kappa shape index (κ3) is 5.46. The molecule has 0 radical (unpaired) electrons. The predicted molar refractivity (Wildman–Crippen MR) is 142 cm³/mol. The van der Waals surface area contributed by atoms with Gasteiger partial charge in [0, 0.05) is 68.7 Å². The standard InChI is InChI=1S/C26H32ClN5O5/c1-36-25-5-2-19(27)16-23(25)30-8-9-31-22-4-3-20(32(34)35)14-18(22)15-21(24(31)17-30)26(33)28-6-7-29-10-12-37-13-11-29/h2-5,14,16,21,24H,6-13,15,17H2,1H3,(H,28,33)/t21-,24+/m1/s1. The number of halogens is 1. The number of ether oxygens (including phenoxy) is 2. The van der Waals surface area contributed by atoms with Crippen molar-refractivity contribution in [3.8, 4) is 5.75 Å². The van der Waals surface area contributed by atoms with Crippen LogP contribution >= 0.6 is 11.6 Å². The average Bonchev–Trinajstić information content (AvgIpc) is 2.92. The summed E-state index contributed by atoms with van der Waals surface area (Å²) in [5.41, 5.74) is 2.75. The number of nitrogens with zero attached hydrogens (tertiary/aromatic N) is 4. The van der Waals surface area contributed by atoms with Gasteiger partial charge in [-0.25, -0.2) is 0 Å². The van der Waals surface area contributed by atoms with Crippen LogP contribution in [0, 0.1) is 16.0 Å². The van der Waals surface area contributed by atoms with Gasteiger partial charge in [-0.3, -0.25) is 19.8 Å². The molecule has 1 N–H and O–H groups in total. The Morgan fingerprint density at radius 2 is 1.97 bits per heavy atom. The van der Waals surface area contributed by atoms with E-state index >= 15 is 0 Å². The maximum absolute atomic E-state index is 13.6. The van der Waals surface area contributed by atoms with E-state index in [2.05, 4.69) is 20.0 Å². The number of amides is 1. The highest BCUT2D eigenvalue weighted by Crippen LogP contribution is 2.40. The minimum Gasteiger partial charge on any atom is -0.495 e. The van der Waals surface area contributed by atoms with Crippen molar-refractivity contribution in [2.45, 2.75) is 12.5 Å². The molecule has 0 aliphatic carbocycles. The molecule has 2 saturated heterocycles. The van der Waals surface area contributed by atoms with Crippen LogP contribution in [0.2, 0.25) is 5.02 Å². The van der Waals surface area contributed by atoms with E-state index in [1.165, 1.54) is 0 Å². The minimum atomic E-state index is -0.382. The summed E-state index contributed by atoms with van der Waals surface area (Å²) in [4.78, 5) is 31.4. The molecule has 3 aliphatic heterocycles. The number of carbonyl (C=O) groups excluding carboxylic acids is 1. The van der Waals surface area contributed by atoms with Crippen molar-refractivity contribution in [1.82, 2.24) is 10.2 Å². The molecule has 198 valence electrons. The molecule has 0 saturated carbocycles. The first-order valence-electron chi connectivity index (χ1n) is 12.6. The van der Waals surface area contributed by atoms with Crippen molar-refractivity contribution in [2.24, 2.45) is 5.92 Å².